The highest BCUT2D eigenvalue weighted by Gasteiger charge is 2.25. The van der Waals surface area contributed by atoms with Gasteiger partial charge in [0.05, 0.1) is 25.4 Å². The van der Waals surface area contributed by atoms with Crippen LogP contribution in [0.5, 0.6) is 11.6 Å². The van der Waals surface area contributed by atoms with Gasteiger partial charge < -0.3 is 24.3 Å². The van der Waals surface area contributed by atoms with Gasteiger partial charge in [0.1, 0.15) is 17.8 Å². The maximum Gasteiger partial charge on any atom is 0.407 e. The van der Waals surface area contributed by atoms with Crippen LogP contribution in [0.4, 0.5) is 19.3 Å². The van der Waals surface area contributed by atoms with Crippen molar-refractivity contribution in [3.05, 3.63) is 88.3 Å². The first-order valence-corrected chi connectivity index (χ1v) is 13.5. The quantitative estimate of drug-likeness (QED) is 0.309. The molecule has 4 rings (SSSR count). The van der Waals surface area contributed by atoms with Gasteiger partial charge in [-0.05, 0) is 37.1 Å². The molecule has 12 nitrogen and oxygen atoms in total. The average molecular weight is 609 g/mol. The van der Waals surface area contributed by atoms with Crippen molar-refractivity contribution in [1.29, 1.82) is 0 Å². The number of halogens is 2. The molecule has 2 aromatic heterocycles. The van der Waals surface area contributed by atoms with E-state index in [1.165, 1.54) is 35.0 Å². The predicted octanol–water partition coefficient (Wildman–Crippen LogP) is 3.30. The van der Waals surface area contributed by atoms with E-state index in [0.717, 1.165) is 12.1 Å². The number of amides is 2. The van der Waals surface area contributed by atoms with Gasteiger partial charge in [0.2, 0.25) is 11.8 Å². The first-order valence-electron chi connectivity index (χ1n) is 13.5. The number of aliphatic imine (C=N–C) groups is 1. The van der Waals surface area contributed by atoms with Crippen LogP contribution in [0, 0.1) is 11.6 Å². The van der Waals surface area contributed by atoms with E-state index in [-0.39, 0.29) is 54.6 Å². The Balaban J connectivity index is 1.47. The van der Waals surface area contributed by atoms with Crippen LogP contribution in [0.3, 0.4) is 0 Å². The lowest BCUT2D eigenvalue weighted by Crippen LogP contribution is -2.42. The maximum absolute atomic E-state index is 14.1. The van der Waals surface area contributed by atoms with Crippen LogP contribution in [-0.2, 0) is 33.7 Å². The van der Waals surface area contributed by atoms with Gasteiger partial charge in [-0.25, -0.2) is 23.6 Å². The number of benzene rings is 1. The van der Waals surface area contributed by atoms with Crippen molar-refractivity contribution in [2.24, 2.45) is 4.99 Å². The topological polar surface area (TPSA) is 145 Å². The van der Waals surface area contributed by atoms with E-state index in [0.29, 0.717) is 23.9 Å². The van der Waals surface area contributed by atoms with Crippen LogP contribution < -0.4 is 15.6 Å². The number of carbonyl (C=O) groups is 3. The number of alkyl carbamates (subject to hydrolysis) is 1. The molecule has 0 unspecified atom stereocenters. The van der Waals surface area contributed by atoms with Crippen molar-refractivity contribution in [2.75, 3.05) is 21.2 Å². The van der Waals surface area contributed by atoms with Crippen molar-refractivity contribution >= 4 is 29.2 Å². The summed E-state index contributed by atoms with van der Waals surface area (Å²) in [6.45, 7) is 0.0656. The molecule has 0 spiro atoms. The molecule has 0 aliphatic carbocycles. The Morgan fingerprint density at radius 1 is 1.18 bits per heavy atom. The highest BCUT2D eigenvalue weighted by Crippen LogP contribution is 2.36. The van der Waals surface area contributed by atoms with Crippen molar-refractivity contribution in [3.8, 4) is 11.6 Å². The number of ether oxygens (including phenoxy) is 2. The molecule has 1 N–H and O–H groups in total. The molecule has 1 aliphatic heterocycles. The Labute approximate surface area is 251 Å². The molecule has 1 aromatic carbocycles. The summed E-state index contributed by atoms with van der Waals surface area (Å²) in [5.74, 6) is -2.54. The summed E-state index contributed by atoms with van der Waals surface area (Å²) in [5.41, 5.74) is 1.09. The number of carbonyl (C=O) groups excluding carboxylic acids is 3. The number of rotatable bonds is 12. The molecule has 0 bridgehead atoms. The minimum absolute atomic E-state index is 0.0210. The monoisotopic (exact) mass is 608 g/mol. The Kier molecular flexibility index (Phi) is 10.3. The van der Waals surface area contributed by atoms with E-state index in [4.69, 9.17) is 4.74 Å². The van der Waals surface area contributed by atoms with Crippen LogP contribution in [0.2, 0.25) is 0 Å². The third kappa shape index (κ3) is 7.96. The summed E-state index contributed by atoms with van der Waals surface area (Å²) in [6.07, 6.45) is 5.50. The second-order valence-electron chi connectivity index (χ2n) is 10.0. The van der Waals surface area contributed by atoms with Crippen molar-refractivity contribution in [1.82, 2.24) is 24.8 Å². The Morgan fingerprint density at radius 3 is 2.70 bits per heavy atom. The summed E-state index contributed by atoms with van der Waals surface area (Å²) >= 11 is 0. The van der Waals surface area contributed by atoms with E-state index in [2.05, 4.69) is 25.0 Å². The lowest BCUT2D eigenvalue weighted by atomic mass is 10.0. The molecule has 1 atom stereocenters. The normalized spacial score (nSPS) is 12.8. The largest absolute Gasteiger partial charge is 0.453 e. The second kappa shape index (κ2) is 14.3. The number of fused-ring (bicyclic) bond motifs is 1. The number of allylic oxidation sites excluding steroid dienone is 1. The molecule has 14 heteroatoms. The van der Waals surface area contributed by atoms with Gasteiger partial charge in [0.25, 0.3) is 5.56 Å². The third-order valence-corrected chi connectivity index (χ3v) is 6.61. The molecule has 3 heterocycles. The Bertz CT molecular complexity index is 1690. The van der Waals surface area contributed by atoms with Crippen LogP contribution in [-0.4, -0.2) is 70.2 Å². The number of methoxy groups -OCH3 is 1. The van der Waals surface area contributed by atoms with E-state index < -0.39 is 35.1 Å². The van der Waals surface area contributed by atoms with Crippen molar-refractivity contribution in [3.63, 3.8) is 0 Å². The number of nitrogens with one attached hydrogen (secondary N) is 1. The molecule has 0 saturated heterocycles. The van der Waals surface area contributed by atoms with Crippen LogP contribution in [0.15, 0.2) is 64.8 Å². The molecule has 1 aliphatic rings. The molecule has 0 saturated carbocycles. The molecular weight excluding hydrogens is 578 g/mol. The van der Waals surface area contributed by atoms with Crippen molar-refractivity contribution in [2.45, 2.75) is 38.3 Å². The first-order chi connectivity index (χ1) is 21.0. The lowest BCUT2D eigenvalue weighted by Gasteiger charge is -2.16. The van der Waals surface area contributed by atoms with Gasteiger partial charge in [-0.3, -0.25) is 14.4 Å². The number of pyridine rings is 1. The number of ketones is 1. The summed E-state index contributed by atoms with van der Waals surface area (Å²) in [4.78, 5) is 64.3. The van der Waals surface area contributed by atoms with Crippen LogP contribution in [0.25, 0.3) is 0 Å². The number of aromatic nitrogens is 3. The second-order valence-corrected chi connectivity index (χ2v) is 10.0. The van der Waals surface area contributed by atoms with Crippen LogP contribution in [0.1, 0.15) is 24.1 Å². The smallest absolute Gasteiger partial charge is 0.407 e. The van der Waals surface area contributed by atoms with Crippen LogP contribution >= 0.6 is 0 Å². The summed E-state index contributed by atoms with van der Waals surface area (Å²) in [5, 5.41) is 2.49. The highest BCUT2D eigenvalue weighted by molar-refractivity contribution is 5.94. The van der Waals surface area contributed by atoms with Gasteiger partial charge in [-0.2, -0.15) is 4.98 Å². The summed E-state index contributed by atoms with van der Waals surface area (Å²) < 4.78 is 39.0. The van der Waals surface area contributed by atoms with Crippen molar-refractivity contribution < 1.29 is 32.6 Å². The SMILES string of the molecule is COC(=O)N[C@@H](CC/C=C/C(=O)N(C)C)C(=O)Cc1cccn(CC2=Nc3c(ncnc3Oc3ccc(F)cc3F)C2)c1=O. The van der Waals surface area contributed by atoms with Gasteiger partial charge in [0.15, 0.2) is 17.3 Å². The molecule has 0 fully saturated rings. The van der Waals surface area contributed by atoms with Gasteiger partial charge >= 0.3 is 6.09 Å². The number of hydrogen-bond acceptors (Lipinski definition) is 9. The summed E-state index contributed by atoms with van der Waals surface area (Å²) in [6, 6.07) is 5.08. The molecule has 3 aromatic rings. The first kappa shape index (κ1) is 31.7. The van der Waals surface area contributed by atoms with Gasteiger partial charge in [-0.1, -0.05) is 12.1 Å². The fourth-order valence-corrected chi connectivity index (χ4v) is 4.32. The fourth-order valence-electron chi connectivity index (χ4n) is 4.32. The zero-order valence-electron chi connectivity index (χ0n) is 24.3. The highest BCUT2D eigenvalue weighted by atomic mass is 19.1. The van der Waals surface area contributed by atoms with Gasteiger partial charge in [-0.15, -0.1) is 0 Å². The number of likely N-dealkylation sites (N-methyl/N-ethyl adjacent to an activating group) is 1. The number of hydrogen-bond donors (Lipinski definition) is 1. The van der Waals surface area contributed by atoms with E-state index >= 15 is 0 Å². The predicted molar refractivity (Wildman–Crippen MR) is 155 cm³/mol. The minimum atomic E-state index is -0.953. The van der Waals surface area contributed by atoms with Gasteiger partial charge in [0, 0.05) is 50.5 Å². The maximum atomic E-state index is 14.1. The number of nitrogens with zero attached hydrogens (tertiary/aromatic N) is 5. The molecule has 0 radical (unpaired) electrons. The number of Topliss-reactive ketones (excluding diaryl/α,β-unsaturated/α-hetero) is 1. The standard InChI is InChI=1S/C30H30F2N6O6/c1-37(2)26(40)9-5-4-8-22(36-30(42)43-3)24(39)13-18-7-6-12-38(29(18)41)16-20-15-23-27(35-20)28(34-17-33-23)44-25-11-10-19(31)14-21(25)32/h5-7,9-12,14,17,22H,4,8,13,15-16H2,1-3H3,(H,36,42)/b9-5+/t22-/m0/s1. The lowest BCUT2D eigenvalue weighted by molar-refractivity contribution is -0.123. The molecular formula is C30H30F2N6O6. The summed E-state index contributed by atoms with van der Waals surface area (Å²) in [7, 11) is 4.40. The Morgan fingerprint density at radius 2 is 1.98 bits per heavy atom. The Hall–Kier alpha value is -5.27. The zero-order chi connectivity index (χ0) is 31.8. The molecule has 230 valence electrons. The fraction of sp³-hybridized carbons (Fsp3) is 0.300. The van der Waals surface area contributed by atoms with E-state index in [1.807, 2.05) is 0 Å². The molecule has 2 amide bonds. The molecule has 44 heavy (non-hydrogen) atoms. The van der Waals surface area contributed by atoms with E-state index in [9.17, 15) is 28.0 Å². The zero-order valence-corrected chi connectivity index (χ0v) is 24.3. The minimum Gasteiger partial charge on any atom is -0.453 e. The van der Waals surface area contributed by atoms with E-state index in [1.54, 1.807) is 32.4 Å². The third-order valence-electron chi connectivity index (χ3n) is 6.61. The average Bonchev–Trinajstić information content (AvgIpc) is 3.41.